The fourth-order valence-electron chi connectivity index (χ4n) is 3.67. The lowest BCUT2D eigenvalue weighted by Gasteiger charge is -2.25. The van der Waals surface area contributed by atoms with Crippen molar-refractivity contribution in [2.45, 2.75) is 25.8 Å². The lowest BCUT2D eigenvalue weighted by Crippen LogP contribution is -2.35. The predicted octanol–water partition coefficient (Wildman–Crippen LogP) is 4.16. The van der Waals surface area contributed by atoms with E-state index in [0.29, 0.717) is 0 Å². The van der Waals surface area contributed by atoms with Crippen LogP contribution in [0.4, 0.5) is 10.5 Å². The monoisotopic (exact) mass is 361 g/mol. The zero-order valence-electron chi connectivity index (χ0n) is 15.6. The van der Waals surface area contributed by atoms with Crippen LogP contribution in [0.3, 0.4) is 0 Å². The summed E-state index contributed by atoms with van der Waals surface area (Å²) in [7, 11) is 1.97. The van der Waals surface area contributed by atoms with E-state index < -0.39 is 0 Å². The zero-order chi connectivity index (χ0) is 18.8. The standard InChI is InChI=1S/C21H23N5O/c1-15-8-9-16(14-17(15)18-6-3-4-10-22-18)24-21(27)26-12-5-7-19(26)20-23-11-13-25(20)2/h3-4,6,8-11,13-14,19H,5,7,12H2,1-2H3,(H,24,27)/t19-/m1/s1. The molecule has 0 saturated carbocycles. The van der Waals surface area contributed by atoms with Crippen LogP contribution >= 0.6 is 0 Å². The van der Waals surface area contributed by atoms with Crippen LogP contribution in [0.25, 0.3) is 11.3 Å². The molecule has 1 aliphatic heterocycles. The number of likely N-dealkylation sites (tertiary alicyclic amines) is 1. The maximum atomic E-state index is 12.9. The smallest absolute Gasteiger partial charge is 0.322 e. The Morgan fingerprint density at radius 1 is 1.19 bits per heavy atom. The summed E-state index contributed by atoms with van der Waals surface area (Å²) in [5.74, 6) is 0.931. The first kappa shape index (κ1) is 17.3. The summed E-state index contributed by atoms with van der Waals surface area (Å²) in [5, 5.41) is 3.05. The Labute approximate surface area is 158 Å². The number of carbonyl (C=O) groups is 1. The molecular weight excluding hydrogens is 338 g/mol. The first-order chi connectivity index (χ1) is 13.1. The summed E-state index contributed by atoms with van der Waals surface area (Å²) < 4.78 is 1.99. The quantitative estimate of drug-likeness (QED) is 0.762. The average molecular weight is 361 g/mol. The molecule has 0 spiro atoms. The molecule has 2 amide bonds. The van der Waals surface area contributed by atoms with E-state index in [2.05, 4.69) is 15.3 Å². The Kier molecular flexibility index (Phi) is 4.62. The molecule has 1 N–H and O–H groups in total. The number of benzene rings is 1. The van der Waals surface area contributed by atoms with Gasteiger partial charge in [-0.3, -0.25) is 4.98 Å². The highest BCUT2D eigenvalue weighted by Crippen LogP contribution is 2.32. The number of hydrogen-bond acceptors (Lipinski definition) is 3. The van der Waals surface area contributed by atoms with Gasteiger partial charge in [-0.2, -0.15) is 0 Å². The molecule has 0 aliphatic carbocycles. The third-order valence-electron chi connectivity index (χ3n) is 5.10. The van der Waals surface area contributed by atoms with Crippen LogP contribution in [0, 0.1) is 6.92 Å². The SMILES string of the molecule is Cc1ccc(NC(=O)N2CCC[C@@H]2c2nccn2C)cc1-c1ccccn1. The molecular formula is C21H23N5O. The summed E-state index contributed by atoms with van der Waals surface area (Å²) in [4.78, 5) is 23.7. The number of aryl methyl sites for hydroxylation is 2. The van der Waals surface area contributed by atoms with Gasteiger partial charge >= 0.3 is 6.03 Å². The second-order valence-corrected chi connectivity index (χ2v) is 6.92. The maximum Gasteiger partial charge on any atom is 0.322 e. The van der Waals surface area contributed by atoms with E-state index in [0.717, 1.165) is 47.7 Å². The molecule has 1 fully saturated rings. The summed E-state index contributed by atoms with van der Waals surface area (Å²) in [6, 6.07) is 11.7. The van der Waals surface area contributed by atoms with Crippen LogP contribution in [0.15, 0.2) is 55.0 Å². The van der Waals surface area contributed by atoms with Crippen LogP contribution in [-0.2, 0) is 7.05 Å². The van der Waals surface area contributed by atoms with Crippen molar-refractivity contribution in [3.63, 3.8) is 0 Å². The number of nitrogens with zero attached hydrogens (tertiary/aromatic N) is 4. The number of aromatic nitrogens is 3. The van der Waals surface area contributed by atoms with Gasteiger partial charge in [0.2, 0.25) is 0 Å². The van der Waals surface area contributed by atoms with E-state index in [1.807, 2.05) is 66.0 Å². The molecule has 6 nitrogen and oxygen atoms in total. The van der Waals surface area contributed by atoms with E-state index in [1.54, 1.807) is 12.4 Å². The molecule has 0 bridgehead atoms. The second-order valence-electron chi connectivity index (χ2n) is 6.92. The minimum Gasteiger partial charge on any atom is -0.336 e. The summed E-state index contributed by atoms with van der Waals surface area (Å²) in [6.45, 7) is 2.79. The normalized spacial score (nSPS) is 16.5. The van der Waals surface area contributed by atoms with Crippen LogP contribution in [0.2, 0.25) is 0 Å². The van der Waals surface area contributed by atoms with Gasteiger partial charge in [-0.25, -0.2) is 9.78 Å². The summed E-state index contributed by atoms with van der Waals surface area (Å²) in [6.07, 6.45) is 7.40. The molecule has 138 valence electrons. The van der Waals surface area contributed by atoms with Crippen LogP contribution in [-0.4, -0.2) is 32.0 Å². The number of rotatable bonds is 3. The summed E-state index contributed by atoms with van der Waals surface area (Å²) in [5.41, 5.74) is 3.82. The van der Waals surface area contributed by atoms with Gasteiger partial charge in [-0.05, 0) is 49.6 Å². The van der Waals surface area contributed by atoms with Crippen molar-refractivity contribution in [1.29, 1.82) is 0 Å². The molecule has 0 radical (unpaired) electrons. The summed E-state index contributed by atoms with van der Waals surface area (Å²) >= 11 is 0. The van der Waals surface area contributed by atoms with E-state index in [9.17, 15) is 4.79 Å². The molecule has 3 heterocycles. The van der Waals surface area contributed by atoms with Gasteiger partial charge in [0.1, 0.15) is 5.82 Å². The number of imidazole rings is 1. The average Bonchev–Trinajstić information content (AvgIpc) is 3.32. The van der Waals surface area contributed by atoms with Gasteiger partial charge < -0.3 is 14.8 Å². The number of pyridine rings is 1. The number of amides is 2. The first-order valence-corrected chi connectivity index (χ1v) is 9.20. The molecule has 0 unspecified atom stereocenters. The Balaban J connectivity index is 1.55. The van der Waals surface area contributed by atoms with E-state index in [-0.39, 0.29) is 12.1 Å². The lowest BCUT2D eigenvalue weighted by molar-refractivity contribution is 0.204. The number of urea groups is 1. The fourth-order valence-corrected chi connectivity index (χ4v) is 3.67. The van der Waals surface area contributed by atoms with Gasteiger partial charge in [0, 0.05) is 43.4 Å². The number of nitrogens with one attached hydrogen (secondary N) is 1. The third-order valence-corrected chi connectivity index (χ3v) is 5.10. The largest absolute Gasteiger partial charge is 0.336 e. The molecule has 4 rings (SSSR count). The van der Waals surface area contributed by atoms with Crippen molar-refractivity contribution in [3.8, 4) is 11.3 Å². The van der Waals surface area contributed by atoms with Crippen molar-refractivity contribution >= 4 is 11.7 Å². The molecule has 1 saturated heterocycles. The molecule has 1 atom stereocenters. The highest BCUT2D eigenvalue weighted by molar-refractivity contribution is 5.90. The van der Waals surface area contributed by atoms with Crippen molar-refractivity contribution in [1.82, 2.24) is 19.4 Å². The predicted molar refractivity (Wildman–Crippen MR) is 105 cm³/mol. The van der Waals surface area contributed by atoms with Crippen molar-refractivity contribution in [3.05, 3.63) is 66.4 Å². The topological polar surface area (TPSA) is 63.1 Å². The van der Waals surface area contributed by atoms with Gasteiger partial charge in [-0.1, -0.05) is 12.1 Å². The number of hydrogen-bond donors (Lipinski definition) is 1. The van der Waals surface area contributed by atoms with Gasteiger partial charge in [0.05, 0.1) is 11.7 Å². The molecule has 2 aromatic heterocycles. The third kappa shape index (κ3) is 3.43. The number of anilines is 1. The van der Waals surface area contributed by atoms with E-state index >= 15 is 0 Å². The van der Waals surface area contributed by atoms with Crippen LogP contribution < -0.4 is 5.32 Å². The number of carbonyl (C=O) groups excluding carboxylic acids is 1. The minimum absolute atomic E-state index is 0.0192. The van der Waals surface area contributed by atoms with Crippen LogP contribution in [0.5, 0.6) is 0 Å². The molecule has 1 aliphatic rings. The highest BCUT2D eigenvalue weighted by Gasteiger charge is 2.32. The fraction of sp³-hybridized carbons (Fsp3) is 0.286. The zero-order valence-corrected chi connectivity index (χ0v) is 15.6. The Bertz CT molecular complexity index is 950. The maximum absolute atomic E-state index is 12.9. The van der Waals surface area contributed by atoms with E-state index in [1.165, 1.54) is 0 Å². The Morgan fingerprint density at radius 3 is 2.81 bits per heavy atom. The Morgan fingerprint density at radius 2 is 2.07 bits per heavy atom. The van der Waals surface area contributed by atoms with Gasteiger partial charge in [0.15, 0.2) is 0 Å². The van der Waals surface area contributed by atoms with Crippen LogP contribution in [0.1, 0.15) is 30.3 Å². The van der Waals surface area contributed by atoms with Gasteiger partial charge in [-0.15, -0.1) is 0 Å². The van der Waals surface area contributed by atoms with Gasteiger partial charge in [0.25, 0.3) is 0 Å². The van der Waals surface area contributed by atoms with E-state index in [4.69, 9.17) is 0 Å². The Hall–Kier alpha value is -3.15. The van der Waals surface area contributed by atoms with Crippen molar-refractivity contribution in [2.75, 3.05) is 11.9 Å². The van der Waals surface area contributed by atoms with Crippen molar-refractivity contribution in [2.24, 2.45) is 7.05 Å². The molecule has 1 aromatic carbocycles. The lowest BCUT2D eigenvalue weighted by atomic mass is 10.0. The highest BCUT2D eigenvalue weighted by atomic mass is 16.2. The molecule has 27 heavy (non-hydrogen) atoms. The second kappa shape index (κ2) is 7.23. The minimum atomic E-state index is -0.0867. The molecule has 6 heteroatoms. The first-order valence-electron chi connectivity index (χ1n) is 9.20. The molecule has 3 aromatic rings. The van der Waals surface area contributed by atoms with Crippen molar-refractivity contribution < 1.29 is 4.79 Å².